The summed E-state index contributed by atoms with van der Waals surface area (Å²) in [6.45, 7) is 0. The van der Waals surface area contributed by atoms with Gasteiger partial charge in [0.2, 0.25) is 5.95 Å². The fraction of sp³-hybridized carbons (Fsp3) is 0.0588. The molecule has 5 heteroatoms. The van der Waals surface area contributed by atoms with Crippen molar-refractivity contribution in [3.63, 3.8) is 0 Å². The Morgan fingerprint density at radius 1 is 0.718 bits per heavy atom. The Morgan fingerprint density at radius 2 is 1.56 bits per heavy atom. The van der Waals surface area contributed by atoms with E-state index in [0.717, 1.165) is 40.7 Å². The number of nitrogens with zero attached hydrogens (tertiary/aromatic N) is 4. The Bertz CT molecular complexity index is 2270. The molecule has 2 aromatic heterocycles. The fourth-order valence-corrected chi connectivity index (χ4v) is 7.10. The second-order valence-electron chi connectivity index (χ2n) is 10.6. The van der Waals surface area contributed by atoms with E-state index < -0.39 is 0 Å². The van der Waals surface area contributed by atoms with Gasteiger partial charge in [-0.05, 0) is 58.7 Å². The molecule has 0 spiro atoms. The fourth-order valence-electron chi connectivity index (χ4n) is 7.10. The average Bonchev–Trinajstić information content (AvgIpc) is 3.69. The normalized spacial score (nSPS) is 16.2. The van der Waals surface area contributed by atoms with E-state index in [1.165, 1.54) is 49.0 Å². The van der Waals surface area contributed by atoms with Crippen molar-refractivity contribution in [2.45, 2.75) is 12.5 Å². The molecule has 39 heavy (non-hydrogen) atoms. The van der Waals surface area contributed by atoms with Crippen LogP contribution in [0.3, 0.4) is 0 Å². The third kappa shape index (κ3) is 2.33. The number of para-hydroxylation sites is 1. The first-order chi connectivity index (χ1) is 19.4. The second-order valence-corrected chi connectivity index (χ2v) is 10.6. The van der Waals surface area contributed by atoms with Crippen molar-refractivity contribution in [1.29, 1.82) is 0 Å². The first kappa shape index (κ1) is 19.9. The third-order valence-electron chi connectivity index (χ3n) is 8.64. The van der Waals surface area contributed by atoms with Gasteiger partial charge in [0.05, 0.1) is 16.6 Å². The highest BCUT2D eigenvalue weighted by molar-refractivity contribution is 6.28. The van der Waals surface area contributed by atoms with Gasteiger partial charge in [0, 0.05) is 27.3 Å². The highest BCUT2D eigenvalue weighted by Gasteiger charge is 2.35. The predicted octanol–water partition coefficient (Wildman–Crippen LogP) is 6.70. The van der Waals surface area contributed by atoms with Crippen molar-refractivity contribution in [2.75, 3.05) is 0 Å². The molecule has 0 saturated heterocycles. The molecule has 1 atom stereocenters. The van der Waals surface area contributed by atoms with Crippen molar-refractivity contribution >= 4 is 44.6 Å². The van der Waals surface area contributed by atoms with Gasteiger partial charge in [-0.25, -0.2) is 0 Å². The highest BCUT2D eigenvalue weighted by atomic mass is 16.5. The van der Waals surface area contributed by atoms with E-state index >= 15 is 0 Å². The van der Waals surface area contributed by atoms with Crippen LogP contribution in [0.5, 0.6) is 5.75 Å². The maximum Gasteiger partial charge on any atom is 0.241 e. The van der Waals surface area contributed by atoms with Gasteiger partial charge in [-0.3, -0.25) is 9.13 Å². The topological polar surface area (TPSA) is 44.9 Å². The summed E-state index contributed by atoms with van der Waals surface area (Å²) in [6, 6.07) is 29.6. The SMILES string of the molecule is C1=CC2Oc3ccc4c5c3c2c2c1ccc1c2c5c(n1-c1nnc(-c2ccccc2)n1-c1ccccc1)=CC4. The van der Waals surface area contributed by atoms with Crippen LogP contribution in [0.1, 0.15) is 22.8 Å². The zero-order valence-electron chi connectivity index (χ0n) is 20.8. The van der Waals surface area contributed by atoms with E-state index in [1.807, 2.05) is 24.3 Å². The average molecular weight is 501 g/mol. The van der Waals surface area contributed by atoms with Gasteiger partial charge < -0.3 is 4.74 Å². The molecule has 10 rings (SSSR count). The van der Waals surface area contributed by atoms with Gasteiger partial charge in [0.25, 0.3) is 0 Å². The van der Waals surface area contributed by atoms with E-state index in [0.29, 0.717) is 0 Å². The number of benzene rings is 5. The highest BCUT2D eigenvalue weighted by Crippen LogP contribution is 2.53. The van der Waals surface area contributed by atoms with E-state index in [2.05, 4.69) is 88.0 Å². The van der Waals surface area contributed by atoms with E-state index in [4.69, 9.17) is 14.9 Å². The number of rotatable bonds is 3. The van der Waals surface area contributed by atoms with Crippen molar-refractivity contribution in [1.82, 2.24) is 19.3 Å². The zero-order chi connectivity index (χ0) is 25.2. The largest absolute Gasteiger partial charge is 0.481 e. The van der Waals surface area contributed by atoms with Gasteiger partial charge in [0.1, 0.15) is 11.9 Å². The lowest BCUT2D eigenvalue weighted by atomic mass is 9.84. The third-order valence-corrected chi connectivity index (χ3v) is 8.64. The molecular weight excluding hydrogens is 480 g/mol. The Hall–Kier alpha value is -5.16. The van der Waals surface area contributed by atoms with Gasteiger partial charge in [-0.2, -0.15) is 0 Å². The lowest BCUT2D eigenvalue weighted by Gasteiger charge is -2.18. The van der Waals surface area contributed by atoms with Crippen molar-refractivity contribution in [3.05, 3.63) is 113 Å². The molecule has 1 unspecified atom stereocenters. The molecule has 0 radical (unpaired) electrons. The van der Waals surface area contributed by atoms with E-state index in [-0.39, 0.29) is 6.10 Å². The maximum absolute atomic E-state index is 6.45. The van der Waals surface area contributed by atoms with Crippen LogP contribution in [0.15, 0.2) is 91.0 Å². The number of aromatic nitrogens is 4. The summed E-state index contributed by atoms with van der Waals surface area (Å²) >= 11 is 0. The molecule has 1 aliphatic heterocycles. The summed E-state index contributed by atoms with van der Waals surface area (Å²) in [5.41, 5.74) is 7.14. The lowest BCUT2D eigenvalue weighted by molar-refractivity contribution is 0.277. The Balaban J connectivity index is 1.41. The molecule has 0 saturated carbocycles. The molecule has 5 aromatic carbocycles. The number of hydrogen-bond donors (Lipinski definition) is 0. The monoisotopic (exact) mass is 500 g/mol. The van der Waals surface area contributed by atoms with Crippen LogP contribution in [0.2, 0.25) is 0 Å². The van der Waals surface area contributed by atoms with Crippen LogP contribution in [0.4, 0.5) is 0 Å². The Morgan fingerprint density at radius 3 is 2.44 bits per heavy atom. The molecule has 182 valence electrons. The minimum absolute atomic E-state index is 0.0342. The summed E-state index contributed by atoms with van der Waals surface area (Å²) in [7, 11) is 0. The van der Waals surface area contributed by atoms with Crippen LogP contribution in [-0.4, -0.2) is 19.3 Å². The smallest absolute Gasteiger partial charge is 0.241 e. The molecule has 0 bridgehead atoms. The van der Waals surface area contributed by atoms with E-state index in [9.17, 15) is 0 Å². The number of ether oxygens (including phenoxy) is 1. The van der Waals surface area contributed by atoms with Gasteiger partial charge in [-0.1, -0.05) is 72.8 Å². The maximum atomic E-state index is 6.45. The molecule has 2 aliphatic carbocycles. The van der Waals surface area contributed by atoms with Crippen molar-refractivity contribution in [3.8, 4) is 28.8 Å². The quantitative estimate of drug-likeness (QED) is 0.254. The summed E-state index contributed by atoms with van der Waals surface area (Å²) in [5.74, 6) is 2.61. The van der Waals surface area contributed by atoms with Gasteiger partial charge in [0.15, 0.2) is 5.82 Å². The summed E-state index contributed by atoms with van der Waals surface area (Å²) in [6.07, 6.45) is 7.61. The molecule has 3 aliphatic rings. The molecule has 0 N–H and O–H groups in total. The molecule has 0 amide bonds. The van der Waals surface area contributed by atoms with Crippen LogP contribution < -0.4 is 10.1 Å². The van der Waals surface area contributed by atoms with Gasteiger partial charge in [-0.15, -0.1) is 10.2 Å². The molecule has 3 heterocycles. The summed E-state index contributed by atoms with van der Waals surface area (Å²) in [5, 5.41) is 17.4. The second kappa shape index (κ2) is 6.83. The summed E-state index contributed by atoms with van der Waals surface area (Å²) in [4.78, 5) is 0. The van der Waals surface area contributed by atoms with Crippen molar-refractivity contribution in [2.24, 2.45) is 0 Å². The minimum atomic E-state index is -0.0342. The van der Waals surface area contributed by atoms with Crippen LogP contribution in [0.25, 0.3) is 67.6 Å². The lowest BCUT2D eigenvalue weighted by Crippen LogP contribution is -2.20. The number of hydrogen-bond acceptors (Lipinski definition) is 3. The standard InChI is InChI=1S/C34H20N4O/c1-3-7-21(8-4-1)33-35-36-34(37(33)22-9-5-2-6-10-22)38-23-15-11-19-13-17-25-31-27(19)29(23)30-24(38)16-12-20-14-18-26(39-25)32(31)28(20)30/h1-11,13-18,25H,12H2. The molecule has 7 aromatic rings. The molecule has 5 nitrogen and oxygen atoms in total. The van der Waals surface area contributed by atoms with Crippen LogP contribution in [0, 0.1) is 0 Å². The zero-order valence-corrected chi connectivity index (χ0v) is 20.8. The first-order valence-electron chi connectivity index (χ1n) is 13.4. The molecular formula is C34H20N4O. The van der Waals surface area contributed by atoms with Crippen LogP contribution >= 0.6 is 0 Å². The van der Waals surface area contributed by atoms with Gasteiger partial charge >= 0.3 is 0 Å². The van der Waals surface area contributed by atoms with Crippen LogP contribution in [-0.2, 0) is 6.42 Å². The first-order valence-corrected chi connectivity index (χ1v) is 13.4. The Kier molecular flexibility index (Phi) is 3.48. The Labute approximate surface area is 222 Å². The van der Waals surface area contributed by atoms with E-state index in [1.54, 1.807) is 0 Å². The molecule has 0 fully saturated rings. The minimum Gasteiger partial charge on any atom is -0.481 e. The summed E-state index contributed by atoms with van der Waals surface area (Å²) < 4.78 is 11.0. The predicted molar refractivity (Wildman–Crippen MR) is 154 cm³/mol. The van der Waals surface area contributed by atoms with Crippen molar-refractivity contribution < 1.29 is 4.74 Å².